The first-order valence-corrected chi connectivity index (χ1v) is 8.04. The van der Waals surface area contributed by atoms with Crippen LogP contribution in [0.5, 0.6) is 5.75 Å². The Morgan fingerprint density at radius 3 is 2.67 bits per heavy atom. The van der Waals surface area contributed by atoms with Crippen LogP contribution in [0.2, 0.25) is 4.34 Å². The summed E-state index contributed by atoms with van der Waals surface area (Å²) in [6.07, 6.45) is 4.33. The quantitative estimate of drug-likeness (QED) is 0.626. The minimum Gasteiger partial charge on any atom is -0.494 e. The van der Waals surface area contributed by atoms with Crippen LogP contribution in [-0.2, 0) is 16.1 Å². The van der Waals surface area contributed by atoms with Crippen molar-refractivity contribution < 1.29 is 14.3 Å². The van der Waals surface area contributed by atoms with Gasteiger partial charge in [0, 0.05) is 11.4 Å². The van der Waals surface area contributed by atoms with Crippen molar-refractivity contribution in [1.82, 2.24) is 14.9 Å². The zero-order chi connectivity index (χ0) is 17.5. The van der Waals surface area contributed by atoms with Gasteiger partial charge in [0.2, 0.25) is 5.95 Å². The van der Waals surface area contributed by atoms with E-state index in [4.69, 9.17) is 16.3 Å². The second-order valence-electron chi connectivity index (χ2n) is 4.58. The van der Waals surface area contributed by atoms with Gasteiger partial charge in [0.05, 0.1) is 30.4 Å². The number of amides is 2. The molecule has 0 radical (unpaired) electrons. The maximum Gasteiger partial charge on any atom is 0.316 e. The molecule has 0 fully saturated rings. The third-order valence-corrected chi connectivity index (χ3v) is 4.11. The first kappa shape index (κ1) is 17.9. The molecular weight excluding hydrogens is 352 g/mol. The lowest BCUT2D eigenvalue weighted by Crippen LogP contribution is -2.39. The van der Waals surface area contributed by atoms with Crippen molar-refractivity contribution in [2.24, 2.45) is 0 Å². The number of hydrogen-bond donors (Lipinski definition) is 1. The molecule has 2 aromatic heterocycles. The van der Waals surface area contributed by atoms with Gasteiger partial charge in [0.25, 0.3) is 0 Å². The van der Waals surface area contributed by atoms with Gasteiger partial charge in [-0.2, -0.15) is 0 Å². The number of rotatable bonds is 6. The van der Waals surface area contributed by atoms with E-state index < -0.39 is 11.8 Å². The number of ether oxygens (including phenoxy) is 1. The maximum absolute atomic E-state index is 12.3. The number of thiophene rings is 1. The first-order chi connectivity index (χ1) is 11.5. The summed E-state index contributed by atoms with van der Waals surface area (Å²) in [7, 11) is 1.48. The largest absolute Gasteiger partial charge is 0.494 e. The Morgan fingerprint density at radius 2 is 2.12 bits per heavy atom. The summed E-state index contributed by atoms with van der Waals surface area (Å²) in [6.45, 7) is 4.10. The van der Waals surface area contributed by atoms with Crippen molar-refractivity contribution in [3.05, 3.63) is 46.4 Å². The van der Waals surface area contributed by atoms with Crippen LogP contribution in [-0.4, -0.2) is 40.3 Å². The van der Waals surface area contributed by atoms with Gasteiger partial charge in [-0.05, 0) is 12.1 Å². The van der Waals surface area contributed by atoms with E-state index in [9.17, 15) is 9.59 Å². The Hall–Kier alpha value is -2.45. The number of halogens is 1. The summed E-state index contributed by atoms with van der Waals surface area (Å²) in [5, 5.41) is 2.36. The number of anilines is 1. The summed E-state index contributed by atoms with van der Waals surface area (Å²) >= 11 is 7.23. The van der Waals surface area contributed by atoms with E-state index in [-0.39, 0.29) is 19.0 Å². The molecule has 1 N–H and O–H groups in total. The van der Waals surface area contributed by atoms with Gasteiger partial charge in [-0.15, -0.1) is 17.9 Å². The summed E-state index contributed by atoms with van der Waals surface area (Å²) in [6, 6.07) is 3.55. The van der Waals surface area contributed by atoms with Crippen molar-refractivity contribution in [2.45, 2.75) is 6.54 Å². The van der Waals surface area contributed by atoms with Crippen LogP contribution in [0, 0.1) is 0 Å². The molecule has 0 atom stereocenters. The predicted molar refractivity (Wildman–Crippen MR) is 92.2 cm³/mol. The number of nitrogens with one attached hydrogen (secondary N) is 1. The van der Waals surface area contributed by atoms with Crippen LogP contribution in [0.3, 0.4) is 0 Å². The molecule has 0 saturated carbocycles. The van der Waals surface area contributed by atoms with Crippen LogP contribution in [0.1, 0.15) is 4.88 Å². The number of hydrogen-bond acceptors (Lipinski definition) is 6. The van der Waals surface area contributed by atoms with Crippen LogP contribution >= 0.6 is 22.9 Å². The standard InChI is InChI=1S/C15H15ClN4O3S/c1-3-6-20(9-11-4-5-12(16)24-11)14(22)13(21)19-15-17-7-10(23-2)8-18-15/h3-5,7-8H,1,6,9H2,2H3,(H,17,18,19,21). The van der Waals surface area contributed by atoms with Gasteiger partial charge in [0.1, 0.15) is 0 Å². The molecule has 24 heavy (non-hydrogen) atoms. The SMILES string of the molecule is C=CCN(Cc1ccc(Cl)s1)C(=O)C(=O)Nc1ncc(OC)cn1. The van der Waals surface area contributed by atoms with E-state index in [1.54, 1.807) is 18.2 Å². The molecule has 0 aliphatic carbocycles. The van der Waals surface area contributed by atoms with Crippen molar-refractivity contribution >= 4 is 40.7 Å². The Balaban J connectivity index is 2.04. The first-order valence-electron chi connectivity index (χ1n) is 6.85. The lowest BCUT2D eigenvalue weighted by molar-refractivity contribution is -0.143. The van der Waals surface area contributed by atoms with Gasteiger partial charge in [-0.25, -0.2) is 9.97 Å². The zero-order valence-corrected chi connectivity index (χ0v) is 14.4. The minimum atomic E-state index is -0.829. The molecular formula is C15H15ClN4O3S. The van der Waals surface area contributed by atoms with Crippen LogP contribution < -0.4 is 10.1 Å². The van der Waals surface area contributed by atoms with Gasteiger partial charge < -0.3 is 9.64 Å². The molecule has 9 heteroatoms. The molecule has 0 aromatic carbocycles. The second-order valence-corrected chi connectivity index (χ2v) is 6.38. The third-order valence-electron chi connectivity index (χ3n) is 2.90. The van der Waals surface area contributed by atoms with E-state index in [1.807, 2.05) is 0 Å². The number of carbonyl (C=O) groups is 2. The Kier molecular flexibility index (Phi) is 6.28. The highest BCUT2D eigenvalue weighted by atomic mass is 35.5. The molecule has 2 amide bonds. The number of aromatic nitrogens is 2. The Bertz CT molecular complexity index is 733. The van der Waals surface area contributed by atoms with Crippen molar-refractivity contribution in [3.8, 4) is 5.75 Å². The van der Waals surface area contributed by atoms with Crippen LogP contribution in [0.25, 0.3) is 0 Å². The molecule has 0 aliphatic heterocycles. The lowest BCUT2D eigenvalue weighted by atomic mass is 10.3. The number of carbonyl (C=O) groups excluding carboxylic acids is 2. The fraction of sp³-hybridized carbons (Fsp3) is 0.200. The van der Waals surface area contributed by atoms with E-state index in [2.05, 4.69) is 21.9 Å². The fourth-order valence-electron chi connectivity index (χ4n) is 1.78. The van der Waals surface area contributed by atoms with E-state index in [0.717, 1.165) is 4.88 Å². The second kappa shape index (κ2) is 8.42. The number of methoxy groups -OCH3 is 1. The monoisotopic (exact) mass is 366 g/mol. The van der Waals surface area contributed by atoms with E-state index >= 15 is 0 Å². The summed E-state index contributed by atoms with van der Waals surface area (Å²) in [5.74, 6) is -1.07. The molecule has 0 bridgehead atoms. The highest BCUT2D eigenvalue weighted by molar-refractivity contribution is 7.16. The Morgan fingerprint density at radius 1 is 1.42 bits per heavy atom. The fourth-order valence-corrected chi connectivity index (χ4v) is 2.89. The minimum absolute atomic E-state index is 0.0203. The average Bonchev–Trinajstić information content (AvgIpc) is 2.99. The summed E-state index contributed by atoms with van der Waals surface area (Å²) in [4.78, 5) is 34.4. The van der Waals surface area contributed by atoms with Gasteiger partial charge >= 0.3 is 11.8 Å². The van der Waals surface area contributed by atoms with Crippen LogP contribution in [0.15, 0.2) is 37.2 Å². The van der Waals surface area contributed by atoms with Crippen molar-refractivity contribution in [2.75, 3.05) is 19.0 Å². The molecule has 2 rings (SSSR count). The maximum atomic E-state index is 12.3. The average molecular weight is 367 g/mol. The smallest absolute Gasteiger partial charge is 0.316 e. The molecule has 0 aliphatic rings. The summed E-state index contributed by atoms with van der Waals surface area (Å²) < 4.78 is 5.54. The Labute approximate surface area is 147 Å². The van der Waals surface area contributed by atoms with Gasteiger partial charge in [0.15, 0.2) is 5.75 Å². The van der Waals surface area contributed by atoms with Crippen LogP contribution in [0.4, 0.5) is 5.95 Å². The highest BCUT2D eigenvalue weighted by Crippen LogP contribution is 2.22. The molecule has 0 spiro atoms. The molecule has 126 valence electrons. The van der Waals surface area contributed by atoms with E-state index in [1.165, 1.54) is 35.7 Å². The normalized spacial score (nSPS) is 10.1. The van der Waals surface area contributed by atoms with Gasteiger partial charge in [-0.1, -0.05) is 17.7 Å². The molecule has 2 aromatic rings. The molecule has 0 unspecified atom stereocenters. The summed E-state index contributed by atoms with van der Waals surface area (Å²) in [5.41, 5.74) is 0. The molecule has 7 nitrogen and oxygen atoms in total. The number of nitrogens with zero attached hydrogens (tertiary/aromatic N) is 3. The molecule has 0 saturated heterocycles. The van der Waals surface area contributed by atoms with E-state index in [0.29, 0.717) is 10.1 Å². The van der Waals surface area contributed by atoms with Crippen molar-refractivity contribution in [1.29, 1.82) is 0 Å². The lowest BCUT2D eigenvalue weighted by Gasteiger charge is -2.19. The topological polar surface area (TPSA) is 84.4 Å². The molecule has 2 heterocycles. The van der Waals surface area contributed by atoms with Gasteiger partial charge in [-0.3, -0.25) is 14.9 Å². The van der Waals surface area contributed by atoms with Crippen molar-refractivity contribution in [3.63, 3.8) is 0 Å². The predicted octanol–water partition coefficient (Wildman–Crippen LogP) is 2.35. The third kappa shape index (κ3) is 4.77. The highest BCUT2D eigenvalue weighted by Gasteiger charge is 2.22. The zero-order valence-electron chi connectivity index (χ0n) is 12.9.